The van der Waals surface area contributed by atoms with Gasteiger partial charge in [0.1, 0.15) is 6.54 Å². The number of quaternary nitrogens is 1. The monoisotopic (exact) mass is 365 g/mol. The quantitative estimate of drug-likeness (QED) is 0.777. The molecule has 0 aliphatic heterocycles. The molecule has 0 aliphatic carbocycles. The lowest BCUT2D eigenvalue weighted by Gasteiger charge is -2.16. The van der Waals surface area contributed by atoms with E-state index >= 15 is 0 Å². The van der Waals surface area contributed by atoms with Crippen molar-refractivity contribution >= 4 is 5.91 Å². The fourth-order valence-corrected chi connectivity index (χ4v) is 2.73. The van der Waals surface area contributed by atoms with Crippen LogP contribution >= 0.6 is 0 Å². The summed E-state index contributed by atoms with van der Waals surface area (Å²) in [5.74, 6) is 0.146. The highest BCUT2D eigenvalue weighted by molar-refractivity contribution is 5.76. The zero-order chi connectivity index (χ0) is 19.2. The van der Waals surface area contributed by atoms with E-state index in [0.717, 1.165) is 22.6 Å². The van der Waals surface area contributed by atoms with Crippen LogP contribution in [0.15, 0.2) is 54.6 Å². The van der Waals surface area contributed by atoms with Gasteiger partial charge >= 0.3 is 6.18 Å². The molecule has 2 rings (SSSR count). The molecule has 0 aliphatic rings. The Hall–Kier alpha value is -2.34. The van der Waals surface area contributed by atoms with Crippen LogP contribution < -0.4 is 10.2 Å². The van der Waals surface area contributed by atoms with E-state index in [4.69, 9.17) is 0 Å². The third-order valence-electron chi connectivity index (χ3n) is 4.22. The minimum absolute atomic E-state index is 0.0720. The van der Waals surface area contributed by atoms with Crippen molar-refractivity contribution < 1.29 is 22.9 Å². The second-order valence-electron chi connectivity index (χ2n) is 6.62. The lowest BCUT2D eigenvalue weighted by Crippen LogP contribution is -3.08. The van der Waals surface area contributed by atoms with Gasteiger partial charge in [-0.25, -0.2) is 0 Å². The van der Waals surface area contributed by atoms with E-state index in [1.165, 1.54) is 17.7 Å². The molecule has 1 unspecified atom stereocenters. The summed E-state index contributed by atoms with van der Waals surface area (Å²) in [6, 6.07) is 15.0. The van der Waals surface area contributed by atoms with Crippen molar-refractivity contribution in [3.05, 3.63) is 71.3 Å². The number of carbonyl (C=O) groups is 1. The Morgan fingerprint density at radius 3 is 2.27 bits per heavy atom. The Morgan fingerprint density at radius 1 is 1.08 bits per heavy atom. The molecule has 0 heterocycles. The van der Waals surface area contributed by atoms with Gasteiger partial charge < -0.3 is 10.2 Å². The molecular formula is C20H24F3N2O+. The van der Waals surface area contributed by atoms with Crippen molar-refractivity contribution in [2.45, 2.75) is 25.6 Å². The van der Waals surface area contributed by atoms with Gasteiger partial charge in [-0.05, 0) is 23.6 Å². The molecule has 3 nitrogen and oxygen atoms in total. The zero-order valence-corrected chi connectivity index (χ0v) is 14.9. The number of alkyl halides is 3. The number of amides is 1. The molecule has 0 radical (unpaired) electrons. The van der Waals surface area contributed by atoms with Crippen LogP contribution in [0.5, 0.6) is 0 Å². The number of halogens is 3. The van der Waals surface area contributed by atoms with Gasteiger partial charge in [0.25, 0.3) is 5.91 Å². The molecular weight excluding hydrogens is 341 g/mol. The second-order valence-corrected chi connectivity index (χ2v) is 6.62. The number of rotatable bonds is 7. The van der Waals surface area contributed by atoms with Gasteiger partial charge in [-0.1, -0.05) is 49.4 Å². The van der Waals surface area contributed by atoms with Crippen molar-refractivity contribution in [3.8, 4) is 0 Å². The Balaban J connectivity index is 1.78. The fraction of sp³-hybridized carbons (Fsp3) is 0.350. The highest BCUT2D eigenvalue weighted by atomic mass is 19.4. The number of hydrogen-bond acceptors (Lipinski definition) is 1. The maximum atomic E-state index is 12.6. The first kappa shape index (κ1) is 20.0. The molecule has 1 amide bonds. The maximum absolute atomic E-state index is 12.6. The van der Waals surface area contributed by atoms with Gasteiger partial charge in [-0.2, -0.15) is 13.2 Å². The van der Waals surface area contributed by atoms with Gasteiger partial charge in [0, 0.05) is 12.1 Å². The molecule has 0 saturated heterocycles. The Bertz CT molecular complexity index is 699. The first-order valence-corrected chi connectivity index (χ1v) is 8.55. The van der Waals surface area contributed by atoms with Crippen LogP contribution in [0.25, 0.3) is 0 Å². The van der Waals surface area contributed by atoms with E-state index in [9.17, 15) is 18.0 Å². The molecule has 2 aromatic carbocycles. The summed E-state index contributed by atoms with van der Waals surface area (Å²) >= 11 is 0. The SMILES string of the molecule is C[C@H](CNC(=O)C[NH+](C)Cc1ccc(C(F)(F)F)cc1)c1ccccc1. The molecule has 0 saturated carbocycles. The van der Waals surface area contributed by atoms with E-state index in [2.05, 4.69) is 5.32 Å². The summed E-state index contributed by atoms with van der Waals surface area (Å²) in [5.41, 5.74) is 1.27. The molecule has 140 valence electrons. The Morgan fingerprint density at radius 2 is 1.69 bits per heavy atom. The van der Waals surface area contributed by atoms with E-state index in [1.54, 1.807) is 0 Å². The summed E-state index contributed by atoms with van der Waals surface area (Å²) in [5, 5.41) is 2.92. The first-order valence-electron chi connectivity index (χ1n) is 8.55. The van der Waals surface area contributed by atoms with E-state index in [-0.39, 0.29) is 18.4 Å². The Kier molecular flexibility index (Phi) is 6.80. The van der Waals surface area contributed by atoms with Gasteiger partial charge in [0.2, 0.25) is 0 Å². The van der Waals surface area contributed by atoms with Crippen LogP contribution in [0.1, 0.15) is 29.5 Å². The predicted molar refractivity (Wildman–Crippen MR) is 94.8 cm³/mol. The lowest BCUT2D eigenvalue weighted by molar-refractivity contribution is -0.885. The lowest BCUT2D eigenvalue weighted by atomic mass is 10.0. The molecule has 26 heavy (non-hydrogen) atoms. The van der Waals surface area contributed by atoms with Crippen LogP contribution in [0.3, 0.4) is 0 Å². The average Bonchev–Trinajstić information content (AvgIpc) is 2.60. The van der Waals surface area contributed by atoms with Crippen molar-refractivity contribution in [1.82, 2.24) is 5.32 Å². The van der Waals surface area contributed by atoms with Gasteiger partial charge in [0.05, 0.1) is 12.6 Å². The van der Waals surface area contributed by atoms with Gasteiger partial charge in [0.15, 0.2) is 6.54 Å². The molecule has 0 aromatic heterocycles. The molecule has 2 aromatic rings. The van der Waals surface area contributed by atoms with Crippen LogP contribution in [-0.4, -0.2) is 26.0 Å². The predicted octanol–water partition coefficient (Wildman–Crippen LogP) is 2.64. The van der Waals surface area contributed by atoms with Crippen LogP contribution in [0.2, 0.25) is 0 Å². The number of nitrogens with one attached hydrogen (secondary N) is 2. The normalized spacial score (nSPS) is 13.9. The standard InChI is InChI=1S/C20H23F3N2O/c1-15(17-6-4-3-5-7-17)12-24-19(26)14-25(2)13-16-8-10-18(11-9-16)20(21,22)23/h3-11,15H,12-14H2,1-2H3,(H,24,26)/p+1/t15-/m1/s1. The summed E-state index contributed by atoms with van der Waals surface area (Å²) < 4.78 is 37.7. The van der Waals surface area contributed by atoms with E-state index in [0.29, 0.717) is 13.1 Å². The number of benzene rings is 2. The molecule has 2 N–H and O–H groups in total. The molecule has 6 heteroatoms. The summed E-state index contributed by atoms with van der Waals surface area (Å²) in [6.45, 7) is 3.35. The third kappa shape index (κ3) is 6.19. The average molecular weight is 365 g/mol. The minimum atomic E-state index is -4.33. The smallest absolute Gasteiger partial charge is 0.351 e. The molecule has 0 fully saturated rings. The van der Waals surface area contributed by atoms with Crippen LogP contribution in [-0.2, 0) is 17.5 Å². The van der Waals surface area contributed by atoms with E-state index < -0.39 is 11.7 Å². The van der Waals surface area contributed by atoms with Crippen molar-refractivity contribution in [1.29, 1.82) is 0 Å². The van der Waals surface area contributed by atoms with Crippen molar-refractivity contribution in [2.75, 3.05) is 20.1 Å². The summed E-state index contributed by atoms with van der Waals surface area (Å²) in [6.07, 6.45) is -4.33. The van der Waals surface area contributed by atoms with Crippen LogP contribution in [0, 0.1) is 0 Å². The van der Waals surface area contributed by atoms with Crippen LogP contribution in [0.4, 0.5) is 13.2 Å². The minimum Gasteiger partial charge on any atom is -0.351 e. The first-order chi connectivity index (χ1) is 12.3. The second kappa shape index (κ2) is 8.85. The topological polar surface area (TPSA) is 33.5 Å². The summed E-state index contributed by atoms with van der Waals surface area (Å²) in [7, 11) is 1.85. The summed E-state index contributed by atoms with van der Waals surface area (Å²) in [4.78, 5) is 13.0. The van der Waals surface area contributed by atoms with Gasteiger partial charge in [-0.15, -0.1) is 0 Å². The Labute approximate surface area is 151 Å². The highest BCUT2D eigenvalue weighted by Gasteiger charge is 2.30. The fourth-order valence-electron chi connectivity index (χ4n) is 2.73. The number of carbonyl (C=O) groups excluding carboxylic acids is 1. The number of hydrogen-bond donors (Lipinski definition) is 2. The third-order valence-corrected chi connectivity index (χ3v) is 4.22. The maximum Gasteiger partial charge on any atom is 0.416 e. The van der Waals surface area contributed by atoms with Gasteiger partial charge in [-0.3, -0.25) is 4.79 Å². The molecule has 0 spiro atoms. The molecule has 0 bridgehead atoms. The highest BCUT2D eigenvalue weighted by Crippen LogP contribution is 2.28. The van der Waals surface area contributed by atoms with E-state index in [1.807, 2.05) is 44.3 Å². The van der Waals surface area contributed by atoms with Crippen molar-refractivity contribution in [3.63, 3.8) is 0 Å². The molecule has 2 atom stereocenters. The number of likely N-dealkylation sites (N-methyl/N-ethyl adjacent to an activating group) is 1. The largest absolute Gasteiger partial charge is 0.416 e. The van der Waals surface area contributed by atoms with Crippen molar-refractivity contribution in [2.24, 2.45) is 0 Å². The zero-order valence-electron chi connectivity index (χ0n) is 14.9.